The molecular formula is C22H27ClN2O6S. The van der Waals surface area contributed by atoms with Crippen molar-refractivity contribution in [1.29, 1.82) is 0 Å². The van der Waals surface area contributed by atoms with E-state index < -0.39 is 10.0 Å². The van der Waals surface area contributed by atoms with E-state index in [9.17, 15) is 13.2 Å². The van der Waals surface area contributed by atoms with E-state index in [0.717, 1.165) is 18.6 Å². The number of halogens is 1. The molecule has 0 radical (unpaired) electrons. The molecule has 174 valence electrons. The van der Waals surface area contributed by atoms with Crippen LogP contribution >= 0.6 is 11.6 Å². The van der Waals surface area contributed by atoms with Crippen LogP contribution in [0.25, 0.3) is 0 Å². The van der Waals surface area contributed by atoms with Crippen LogP contribution in [0.1, 0.15) is 23.2 Å². The Labute approximate surface area is 193 Å². The van der Waals surface area contributed by atoms with Crippen LogP contribution in [-0.4, -0.2) is 65.8 Å². The molecule has 1 unspecified atom stereocenters. The van der Waals surface area contributed by atoms with Crippen LogP contribution in [-0.2, 0) is 14.8 Å². The second-order valence-electron chi connectivity index (χ2n) is 7.38. The van der Waals surface area contributed by atoms with E-state index in [2.05, 4.69) is 4.72 Å². The molecule has 1 atom stereocenters. The highest BCUT2D eigenvalue weighted by Crippen LogP contribution is 2.24. The van der Waals surface area contributed by atoms with Gasteiger partial charge in [-0.05, 0) is 55.3 Å². The van der Waals surface area contributed by atoms with Crippen molar-refractivity contribution in [1.82, 2.24) is 9.62 Å². The lowest BCUT2D eigenvalue weighted by Crippen LogP contribution is -2.33. The number of nitrogens with one attached hydrogen (secondary N) is 1. The topological polar surface area (TPSA) is 94.2 Å². The molecule has 1 heterocycles. The van der Waals surface area contributed by atoms with Crippen molar-refractivity contribution >= 4 is 27.5 Å². The van der Waals surface area contributed by atoms with Crippen molar-refractivity contribution in [3.8, 4) is 11.5 Å². The van der Waals surface area contributed by atoms with Crippen molar-refractivity contribution in [3.05, 3.63) is 53.1 Å². The molecule has 0 spiro atoms. The number of sulfonamides is 1. The summed E-state index contributed by atoms with van der Waals surface area (Å²) in [4.78, 5) is 14.1. The molecule has 2 aromatic carbocycles. The van der Waals surface area contributed by atoms with Crippen molar-refractivity contribution < 1.29 is 27.4 Å². The molecule has 0 bridgehead atoms. The Balaban J connectivity index is 1.60. The fourth-order valence-corrected chi connectivity index (χ4v) is 4.81. The molecule has 1 aliphatic rings. The van der Waals surface area contributed by atoms with Crippen molar-refractivity contribution in [3.63, 3.8) is 0 Å². The van der Waals surface area contributed by atoms with E-state index in [0.29, 0.717) is 18.9 Å². The molecule has 1 amide bonds. The van der Waals surface area contributed by atoms with Crippen molar-refractivity contribution in [2.75, 3.05) is 40.5 Å². The summed E-state index contributed by atoms with van der Waals surface area (Å²) in [6.07, 6.45) is 1.56. The van der Waals surface area contributed by atoms with Gasteiger partial charge in [0.1, 0.15) is 23.0 Å². The van der Waals surface area contributed by atoms with E-state index in [4.69, 9.17) is 25.8 Å². The van der Waals surface area contributed by atoms with E-state index in [1.807, 2.05) is 0 Å². The maximum Gasteiger partial charge on any atom is 0.253 e. The van der Waals surface area contributed by atoms with E-state index in [-0.39, 0.29) is 40.6 Å². The Morgan fingerprint density at radius 3 is 2.59 bits per heavy atom. The molecule has 2 aromatic rings. The second-order valence-corrected chi connectivity index (χ2v) is 9.53. The van der Waals surface area contributed by atoms with Crippen LogP contribution in [0, 0.1) is 0 Å². The fourth-order valence-electron chi connectivity index (χ4n) is 3.22. The number of amides is 1. The molecule has 10 heteroatoms. The lowest BCUT2D eigenvalue weighted by molar-refractivity contribution is 0.0773. The summed E-state index contributed by atoms with van der Waals surface area (Å²) < 4.78 is 44.2. The average Bonchev–Trinajstić information content (AvgIpc) is 3.32. The van der Waals surface area contributed by atoms with Crippen molar-refractivity contribution in [2.24, 2.45) is 0 Å². The zero-order valence-electron chi connectivity index (χ0n) is 18.0. The van der Waals surface area contributed by atoms with Gasteiger partial charge < -0.3 is 19.1 Å². The largest absolute Gasteiger partial charge is 0.497 e. The smallest absolute Gasteiger partial charge is 0.253 e. The van der Waals surface area contributed by atoms with Gasteiger partial charge >= 0.3 is 0 Å². The molecule has 0 saturated carbocycles. The predicted octanol–water partition coefficient (Wildman–Crippen LogP) is 2.96. The highest BCUT2D eigenvalue weighted by atomic mass is 35.5. The van der Waals surface area contributed by atoms with Gasteiger partial charge in [0.15, 0.2) is 0 Å². The van der Waals surface area contributed by atoms with E-state index >= 15 is 0 Å². The van der Waals surface area contributed by atoms with E-state index in [1.54, 1.807) is 38.4 Å². The number of rotatable bonds is 10. The number of carbonyl (C=O) groups is 1. The summed E-state index contributed by atoms with van der Waals surface area (Å²) in [5, 5.41) is 0.0480. The zero-order chi connectivity index (χ0) is 23.1. The number of carbonyl (C=O) groups excluding carboxylic acids is 1. The first-order chi connectivity index (χ1) is 15.3. The van der Waals surface area contributed by atoms with Gasteiger partial charge in [-0.15, -0.1) is 0 Å². The van der Waals surface area contributed by atoms with Gasteiger partial charge in [0.05, 0.1) is 24.8 Å². The fraction of sp³-hybridized carbons (Fsp3) is 0.409. The van der Waals surface area contributed by atoms with Gasteiger partial charge in [-0.25, -0.2) is 13.1 Å². The number of likely N-dealkylation sites (N-methyl/N-ethyl adjacent to an activating group) is 1. The lowest BCUT2D eigenvalue weighted by Gasteiger charge is -2.18. The lowest BCUT2D eigenvalue weighted by atomic mass is 10.2. The first-order valence-corrected chi connectivity index (χ1v) is 12.1. The van der Waals surface area contributed by atoms with Crippen LogP contribution in [0.3, 0.4) is 0 Å². The molecule has 1 N–H and O–H groups in total. The first kappa shape index (κ1) is 24.3. The Kier molecular flexibility index (Phi) is 8.36. The molecule has 0 aliphatic carbocycles. The molecule has 32 heavy (non-hydrogen) atoms. The summed E-state index contributed by atoms with van der Waals surface area (Å²) in [6.45, 7) is 1.38. The predicted molar refractivity (Wildman–Crippen MR) is 121 cm³/mol. The molecular weight excluding hydrogens is 456 g/mol. The highest BCUT2D eigenvalue weighted by molar-refractivity contribution is 7.89. The molecule has 1 saturated heterocycles. The number of ether oxygens (including phenoxy) is 3. The minimum atomic E-state index is -3.89. The maximum absolute atomic E-state index is 12.8. The van der Waals surface area contributed by atoms with E-state index in [1.165, 1.54) is 23.1 Å². The van der Waals surface area contributed by atoms with Gasteiger partial charge in [0.2, 0.25) is 10.0 Å². The van der Waals surface area contributed by atoms with Crippen LogP contribution in [0.15, 0.2) is 47.4 Å². The second kappa shape index (κ2) is 11.0. The van der Waals surface area contributed by atoms with Crippen LogP contribution in [0.2, 0.25) is 5.02 Å². The summed E-state index contributed by atoms with van der Waals surface area (Å²) in [7, 11) is -0.676. The Bertz CT molecular complexity index is 1020. The van der Waals surface area contributed by atoms with Crippen LogP contribution in [0.5, 0.6) is 11.5 Å². The minimum absolute atomic E-state index is 0.0480. The summed E-state index contributed by atoms with van der Waals surface area (Å²) in [5.41, 5.74) is 0.221. The SMILES string of the molecule is COc1ccc(OCCN(C)C(=O)c2ccc(Cl)c(S(=O)(=O)NCC3CCCO3)c2)cc1. The third-order valence-corrected chi connectivity index (χ3v) is 7.00. The van der Waals surface area contributed by atoms with Crippen LogP contribution < -0.4 is 14.2 Å². The number of methoxy groups -OCH3 is 1. The molecule has 3 rings (SSSR count). The Morgan fingerprint density at radius 1 is 1.22 bits per heavy atom. The number of nitrogens with zero attached hydrogens (tertiary/aromatic N) is 1. The Hall–Kier alpha value is -2.33. The normalized spacial score (nSPS) is 16.0. The van der Waals surface area contributed by atoms with Gasteiger partial charge in [-0.1, -0.05) is 11.6 Å². The van der Waals surface area contributed by atoms with Gasteiger partial charge in [-0.2, -0.15) is 0 Å². The molecule has 8 nitrogen and oxygen atoms in total. The van der Waals surface area contributed by atoms with Crippen LogP contribution in [0.4, 0.5) is 0 Å². The van der Waals surface area contributed by atoms with Gasteiger partial charge in [0.25, 0.3) is 5.91 Å². The first-order valence-electron chi connectivity index (χ1n) is 10.2. The third-order valence-electron chi connectivity index (χ3n) is 5.09. The van der Waals surface area contributed by atoms with Crippen molar-refractivity contribution in [2.45, 2.75) is 23.8 Å². The number of benzene rings is 2. The van der Waals surface area contributed by atoms with Gasteiger partial charge in [-0.3, -0.25) is 4.79 Å². The summed E-state index contributed by atoms with van der Waals surface area (Å²) in [5.74, 6) is 1.04. The average molecular weight is 483 g/mol. The maximum atomic E-state index is 12.8. The molecule has 0 aromatic heterocycles. The minimum Gasteiger partial charge on any atom is -0.497 e. The summed E-state index contributed by atoms with van der Waals surface area (Å²) >= 11 is 6.13. The number of hydrogen-bond donors (Lipinski definition) is 1. The third kappa shape index (κ3) is 6.35. The standard InChI is InChI=1S/C22H27ClN2O6S/c1-25(11-13-31-18-8-6-17(29-2)7-9-18)22(26)16-5-10-20(23)21(14-16)32(27,28)24-15-19-4-3-12-30-19/h5-10,14,19,24H,3-4,11-13,15H2,1-2H3. The summed E-state index contributed by atoms with van der Waals surface area (Å²) in [6, 6.07) is 11.3. The number of hydrogen-bond acceptors (Lipinski definition) is 6. The Morgan fingerprint density at radius 2 is 1.94 bits per heavy atom. The van der Waals surface area contributed by atoms with Gasteiger partial charge in [0, 0.05) is 25.8 Å². The molecule has 1 fully saturated rings. The quantitative estimate of drug-likeness (QED) is 0.559. The highest BCUT2D eigenvalue weighted by Gasteiger charge is 2.24. The zero-order valence-corrected chi connectivity index (χ0v) is 19.6. The molecule has 1 aliphatic heterocycles. The monoisotopic (exact) mass is 482 g/mol.